The first-order valence-electron chi connectivity index (χ1n) is 9.78. The van der Waals surface area contributed by atoms with Gasteiger partial charge in [0.25, 0.3) is 10.0 Å². The van der Waals surface area contributed by atoms with E-state index in [-0.39, 0.29) is 4.90 Å². The van der Waals surface area contributed by atoms with Crippen molar-refractivity contribution in [1.29, 1.82) is 0 Å². The van der Waals surface area contributed by atoms with Gasteiger partial charge >= 0.3 is 0 Å². The van der Waals surface area contributed by atoms with Gasteiger partial charge in [0.15, 0.2) is 0 Å². The van der Waals surface area contributed by atoms with Crippen molar-refractivity contribution in [2.45, 2.75) is 50.8 Å². The predicted octanol–water partition coefficient (Wildman–Crippen LogP) is 5.52. The lowest BCUT2D eigenvalue weighted by Gasteiger charge is -2.19. The maximum atomic E-state index is 13.0. The third-order valence-corrected chi connectivity index (χ3v) is 6.31. The molecule has 148 valence electrons. The largest absolute Gasteiger partial charge is 0.264 e. The molecule has 0 N–H and O–H groups in total. The molecule has 4 heteroatoms. The van der Waals surface area contributed by atoms with Crippen LogP contribution in [0.15, 0.2) is 71.3 Å². The normalized spacial score (nSPS) is 11.6. The van der Waals surface area contributed by atoms with Gasteiger partial charge in [0.05, 0.1) is 10.6 Å². The molecule has 0 spiro atoms. The van der Waals surface area contributed by atoms with E-state index in [1.807, 2.05) is 55.5 Å². The Hall–Kier alpha value is -2.51. The molecule has 0 unspecified atom stereocenters. The molecular formula is C24H29NO2S. The van der Waals surface area contributed by atoms with Crippen LogP contribution in [0, 0.1) is 18.8 Å². The van der Waals surface area contributed by atoms with Crippen molar-refractivity contribution >= 4 is 10.0 Å². The quantitative estimate of drug-likeness (QED) is 0.436. The average molecular weight is 396 g/mol. The fourth-order valence-corrected chi connectivity index (χ4v) is 3.90. The highest BCUT2D eigenvalue weighted by molar-refractivity contribution is 7.89. The van der Waals surface area contributed by atoms with Crippen LogP contribution in [-0.4, -0.2) is 19.8 Å². The minimum absolute atomic E-state index is 0.277. The third-order valence-electron chi connectivity index (χ3n) is 4.52. The maximum absolute atomic E-state index is 13.0. The molecule has 0 radical (unpaired) electrons. The van der Waals surface area contributed by atoms with E-state index in [0.717, 1.165) is 30.4 Å². The second-order valence-corrected chi connectivity index (χ2v) is 8.81. The number of unbranched alkanes of at least 4 members (excludes halogenated alkanes) is 4. The molecule has 0 saturated heterocycles. The van der Waals surface area contributed by atoms with Crippen molar-refractivity contribution < 1.29 is 8.42 Å². The molecule has 0 aliphatic rings. The van der Waals surface area contributed by atoms with Crippen LogP contribution >= 0.6 is 0 Å². The summed E-state index contributed by atoms with van der Waals surface area (Å²) < 4.78 is 27.4. The van der Waals surface area contributed by atoms with Gasteiger partial charge in [-0.1, -0.05) is 74.1 Å². The van der Waals surface area contributed by atoms with Crippen LogP contribution in [0.1, 0.15) is 50.2 Å². The van der Waals surface area contributed by atoms with Gasteiger partial charge in [0.1, 0.15) is 0 Å². The summed E-state index contributed by atoms with van der Waals surface area (Å²) in [4.78, 5) is 0.277. The Balaban J connectivity index is 2.29. The van der Waals surface area contributed by atoms with Crippen molar-refractivity contribution in [3.63, 3.8) is 0 Å². The van der Waals surface area contributed by atoms with Gasteiger partial charge in [-0.05, 0) is 50.0 Å². The zero-order valence-corrected chi connectivity index (χ0v) is 17.8. The molecule has 0 fully saturated rings. The van der Waals surface area contributed by atoms with Crippen LogP contribution in [-0.2, 0) is 10.0 Å². The number of benzene rings is 2. The highest BCUT2D eigenvalue weighted by atomic mass is 32.2. The van der Waals surface area contributed by atoms with Crippen LogP contribution in [0.5, 0.6) is 0 Å². The summed E-state index contributed by atoms with van der Waals surface area (Å²) in [5, 5.41) is 0. The Kier molecular flexibility index (Phi) is 8.35. The summed E-state index contributed by atoms with van der Waals surface area (Å²) in [6, 6.07) is 16.5. The van der Waals surface area contributed by atoms with Crippen molar-refractivity contribution in [2.75, 3.05) is 7.05 Å². The standard InChI is InChI=1S/C24H29NO2S/c1-4-5-6-7-11-14-23(18-17-22-12-9-8-10-13-22)25(3)28(26,27)24-19-15-21(2)16-20-24/h8-10,12-16,19-20H,4-7,11H2,1-3H3/b23-14+. The number of hydrogen-bond donors (Lipinski definition) is 0. The summed E-state index contributed by atoms with van der Waals surface area (Å²) in [5.41, 5.74) is 2.40. The first kappa shape index (κ1) is 21.8. The lowest BCUT2D eigenvalue weighted by molar-refractivity contribution is 0.529. The number of sulfonamides is 1. The van der Waals surface area contributed by atoms with Crippen molar-refractivity contribution in [1.82, 2.24) is 4.31 Å². The zero-order chi connectivity index (χ0) is 20.4. The first-order valence-corrected chi connectivity index (χ1v) is 11.2. The molecule has 0 atom stereocenters. The van der Waals surface area contributed by atoms with Gasteiger partial charge in [-0.3, -0.25) is 4.31 Å². The minimum atomic E-state index is -3.64. The molecule has 2 aromatic carbocycles. The average Bonchev–Trinajstić information content (AvgIpc) is 2.70. The van der Waals surface area contributed by atoms with E-state index in [4.69, 9.17) is 0 Å². The minimum Gasteiger partial charge on any atom is -0.262 e. The number of rotatable bonds is 8. The Labute approximate surface area is 170 Å². The van der Waals surface area contributed by atoms with Gasteiger partial charge in [-0.15, -0.1) is 0 Å². The van der Waals surface area contributed by atoms with E-state index in [1.54, 1.807) is 19.2 Å². The highest BCUT2D eigenvalue weighted by Crippen LogP contribution is 2.19. The lowest BCUT2D eigenvalue weighted by atomic mass is 10.1. The van der Waals surface area contributed by atoms with Crippen LogP contribution in [0.3, 0.4) is 0 Å². The SMILES string of the molecule is CCCCCC/C=C(\C#Cc1ccccc1)N(C)S(=O)(=O)c1ccc(C)cc1. The van der Waals surface area contributed by atoms with Crippen LogP contribution in [0.25, 0.3) is 0 Å². The van der Waals surface area contributed by atoms with E-state index in [1.165, 1.54) is 17.1 Å². The van der Waals surface area contributed by atoms with Gasteiger partial charge in [0.2, 0.25) is 0 Å². The van der Waals surface area contributed by atoms with Crippen LogP contribution in [0.4, 0.5) is 0 Å². The number of allylic oxidation sites excluding steroid dienone is 2. The van der Waals surface area contributed by atoms with E-state index in [2.05, 4.69) is 18.8 Å². The van der Waals surface area contributed by atoms with E-state index < -0.39 is 10.0 Å². The molecule has 0 saturated carbocycles. The zero-order valence-electron chi connectivity index (χ0n) is 17.0. The fraction of sp³-hybridized carbons (Fsp3) is 0.333. The Bertz CT molecular complexity index is 934. The molecule has 2 aromatic rings. The molecule has 3 nitrogen and oxygen atoms in total. The summed E-state index contributed by atoms with van der Waals surface area (Å²) in [5.74, 6) is 6.16. The molecule has 0 amide bonds. The van der Waals surface area contributed by atoms with Gasteiger partial charge in [-0.2, -0.15) is 0 Å². The molecule has 0 aromatic heterocycles. The molecule has 0 bridgehead atoms. The van der Waals surface area contributed by atoms with Crippen LogP contribution in [0.2, 0.25) is 0 Å². The summed E-state index contributed by atoms with van der Waals surface area (Å²) >= 11 is 0. The van der Waals surface area contributed by atoms with Crippen molar-refractivity contribution in [3.05, 3.63) is 77.5 Å². The van der Waals surface area contributed by atoms with Gasteiger partial charge < -0.3 is 0 Å². The van der Waals surface area contributed by atoms with Gasteiger partial charge in [0, 0.05) is 12.6 Å². The topological polar surface area (TPSA) is 37.4 Å². The first-order chi connectivity index (χ1) is 13.4. The number of nitrogens with zero attached hydrogens (tertiary/aromatic N) is 1. The molecule has 0 aliphatic carbocycles. The van der Waals surface area contributed by atoms with Crippen molar-refractivity contribution in [3.8, 4) is 11.8 Å². The Morgan fingerprint density at radius 2 is 1.68 bits per heavy atom. The highest BCUT2D eigenvalue weighted by Gasteiger charge is 2.22. The van der Waals surface area contributed by atoms with Crippen LogP contribution < -0.4 is 0 Å². The number of hydrogen-bond acceptors (Lipinski definition) is 2. The smallest absolute Gasteiger partial charge is 0.262 e. The van der Waals surface area contributed by atoms with Gasteiger partial charge in [-0.25, -0.2) is 8.42 Å². The second-order valence-electron chi connectivity index (χ2n) is 6.84. The third kappa shape index (κ3) is 6.28. The predicted molar refractivity (Wildman–Crippen MR) is 116 cm³/mol. The lowest BCUT2D eigenvalue weighted by Crippen LogP contribution is -2.26. The maximum Gasteiger partial charge on any atom is 0.264 e. The van der Waals surface area contributed by atoms with E-state index in [9.17, 15) is 8.42 Å². The Morgan fingerprint density at radius 1 is 1.00 bits per heavy atom. The summed E-state index contributed by atoms with van der Waals surface area (Å²) in [6.07, 6.45) is 7.29. The number of aryl methyl sites for hydroxylation is 1. The van der Waals surface area contributed by atoms with E-state index >= 15 is 0 Å². The Morgan fingerprint density at radius 3 is 2.32 bits per heavy atom. The molecule has 28 heavy (non-hydrogen) atoms. The molecule has 0 heterocycles. The molecule has 2 rings (SSSR count). The second kappa shape index (κ2) is 10.7. The van der Waals surface area contributed by atoms with E-state index in [0.29, 0.717) is 5.70 Å². The van der Waals surface area contributed by atoms with Crippen molar-refractivity contribution in [2.24, 2.45) is 0 Å². The molecule has 0 aliphatic heterocycles. The summed E-state index contributed by atoms with van der Waals surface area (Å²) in [6.45, 7) is 4.11. The summed E-state index contributed by atoms with van der Waals surface area (Å²) in [7, 11) is -2.07. The monoisotopic (exact) mass is 395 g/mol. The fourth-order valence-electron chi connectivity index (χ4n) is 2.72. The molecular weight excluding hydrogens is 366 g/mol.